The molecule has 8 aliphatic rings. The van der Waals surface area contributed by atoms with Gasteiger partial charge in [-0.15, -0.1) is 0 Å². The normalized spacial score (nSPS) is 38.3. The topological polar surface area (TPSA) is 177 Å². The number of benzene rings is 2. The molecule has 2 spiro atoms. The highest BCUT2D eigenvalue weighted by Gasteiger charge is 2.82. The fourth-order valence-electron chi connectivity index (χ4n) is 16.1. The number of fused-ring (bicyclic) bond motifs is 2. The van der Waals surface area contributed by atoms with Crippen LogP contribution in [-0.2, 0) is 55.4 Å². The number of likely N-dealkylation sites (N-methyl/N-ethyl adjacent to an activating group) is 2. The van der Waals surface area contributed by atoms with Crippen molar-refractivity contribution in [2.24, 2.45) is 10.8 Å². The van der Waals surface area contributed by atoms with E-state index in [1.165, 1.54) is 28.1 Å². The van der Waals surface area contributed by atoms with Crippen LogP contribution in [0.15, 0.2) is 48.6 Å². The Morgan fingerprint density at radius 1 is 0.627 bits per heavy atom. The number of carbonyl (C=O) groups excluding carboxylic acids is 4. The fourth-order valence-corrected chi connectivity index (χ4v) is 16.1. The van der Waals surface area contributed by atoms with Crippen molar-refractivity contribution < 1.29 is 57.8 Å². The number of nitrogens with zero attached hydrogens (tertiary/aromatic N) is 4. The Bertz CT molecular complexity index is 2360. The number of esters is 4. The maximum absolute atomic E-state index is 14.3. The first kappa shape index (κ1) is 45.6. The second kappa shape index (κ2) is 15.2. The van der Waals surface area contributed by atoms with Crippen molar-refractivity contribution in [3.63, 3.8) is 0 Å². The third-order valence-electron chi connectivity index (χ3n) is 18.0. The van der Waals surface area contributed by atoms with E-state index in [0.29, 0.717) is 69.8 Å². The lowest BCUT2D eigenvalue weighted by molar-refractivity contribution is -0.229. The van der Waals surface area contributed by atoms with Crippen molar-refractivity contribution in [2.45, 2.75) is 118 Å². The molecule has 2 N–H and O–H groups in total. The molecule has 0 aromatic heterocycles. The van der Waals surface area contributed by atoms with E-state index in [1.54, 1.807) is 14.2 Å². The van der Waals surface area contributed by atoms with Crippen LogP contribution in [0.4, 0.5) is 11.4 Å². The summed E-state index contributed by atoms with van der Waals surface area (Å²) < 4.78 is 35.6. The molecule has 16 heteroatoms. The van der Waals surface area contributed by atoms with Gasteiger partial charge < -0.3 is 48.4 Å². The Morgan fingerprint density at radius 2 is 1.01 bits per heavy atom. The molecule has 12 atom stereocenters. The van der Waals surface area contributed by atoms with Gasteiger partial charge in [0.1, 0.15) is 11.5 Å². The van der Waals surface area contributed by atoms with E-state index >= 15 is 0 Å². The third kappa shape index (κ3) is 5.33. The van der Waals surface area contributed by atoms with Crippen LogP contribution >= 0.6 is 0 Å². The molecule has 6 heterocycles. The van der Waals surface area contributed by atoms with Gasteiger partial charge >= 0.3 is 23.9 Å². The van der Waals surface area contributed by atoms with Crippen LogP contribution in [-0.4, -0.2) is 160 Å². The lowest BCUT2D eigenvalue weighted by Gasteiger charge is -2.63. The van der Waals surface area contributed by atoms with Gasteiger partial charge in [0.2, 0.25) is 11.2 Å². The van der Waals surface area contributed by atoms with Gasteiger partial charge in [0.25, 0.3) is 0 Å². The monoisotopic (exact) mass is 924 g/mol. The van der Waals surface area contributed by atoms with Crippen molar-refractivity contribution in [2.75, 3.05) is 78.5 Å². The van der Waals surface area contributed by atoms with E-state index in [-0.39, 0.29) is 12.1 Å². The average Bonchev–Trinajstić information content (AvgIpc) is 4.04. The Balaban J connectivity index is 1.16. The highest BCUT2D eigenvalue weighted by Crippen LogP contribution is 2.70. The highest BCUT2D eigenvalue weighted by atomic mass is 16.6. The first-order chi connectivity index (χ1) is 31.9. The SMILES string of the molecule is CC[C@]12C=CCN3CC[C@]4(c5cc(Cc6cc7c(cc6OC)N(C)[C@@H]6[C@](O)(C(=O)OC)[C@H](OC(C)=O)[C@]8(CC)C=CCN9CC[C@@]76[C@@H]98)c(OC)cc5N(C)[C@@H]4[C@](O)(C(=O)OC)[C@@H]1OC(C)=O)[C@@H]32. The summed E-state index contributed by atoms with van der Waals surface area (Å²) in [5, 5.41) is 26.5. The highest BCUT2D eigenvalue weighted by molar-refractivity contribution is 5.88. The van der Waals surface area contributed by atoms with Gasteiger partial charge in [-0.05, 0) is 73.2 Å². The molecule has 360 valence electrons. The molecular weight excluding hydrogens is 861 g/mol. The van der Waals surface area contributed by atoms with E-state index in [0.717, 1.165) is 33.6 Å². The van der Waals surface area contributed by atoms with Crippen LogP contribution in [0.25, 0.3) is 0 Å². The largest absolute Gasteiger partial charge is 0.496 e. The maximum atomic E-state index is 14.3. The lowest BCUT2D eigenvalue weighted by Crippen LogP contribution is -2.81. The van der Waals surface area contributed by atoms with Gasteiger partial charge in [-0.3, -0.25) is 19.4 Å². The predicted octanol–water partition coefficient (Wildman–Crippen LogP) is 3.19. The summed E-state index contributed by atoms with van der Waals surface area (Å²) in [4.78, 5) is 63.4. The number of aliphatic hydroxyl groups is 2. The summed E-state index contributed by atoms with van der Waals surface area (Å²) in [7, 11) is 9.51. The molecule has 16 nitrogen and oxygen atoms in total. The predicted molar refractivity (Wildman–Crippen MR) is 245 cm³/mol. The molecule has 0 bridgehead atoms. The van der Waals surface area contributed by atoms with Crippen molar-refractivity contribution in [3.05, 3.63) is 70.8 Å². The van der Waals surface area contributed by atoms with Crippen molar-refractivity contribution in [3.8, 4) is 11.5 Å². The molecule has 6 aliphatic heterocycles. The van der Waals surface area contributed by atoms with Crippen LogP contribution in [0, 0.1) is 10.8 Å². The van der Waals surface area contributed by atoms with E-state index in [9.17, 15) is 29.4 Å². The van der Waals surface area contributed by atoms with Crippen molar-refractivity contribution >= 4 is 35.3 Å². The molecule has 2 aromatic rings. The summed E-state index contributed by atoms with van der Waals surface area (Å²) in [5.74, 6) is -1.75. The van der Waals surface area contributed by atoms with Gasteiger partial charge in [-0.25, -0.2) is 9.59 Å². The summed E-state index contributed by atoms with van der Waals surface area (Å²) in [5.41, 5.74) is -2.90. The van der Waals surface area contributed by atoms with Crippen LogP contribution < -0.4 is 19.3 Å². The van der Waals surface area contributed by atoms with Crippen molar-refractivity contribution in [1.29, 1.82) is 0 Å². The zero-order valence-corrected chi connectivity index (χ0v) is 40.2. The standard InChI is InChI=1S/C51H64N4O12/c1-11-46-15-13-19-54-21-17-48(38(46)54)32-24-30(36(62-7)26-34(32)52(5)40(48)50(60,44(58)64-9)42(46)66-28(3)56)23-31-25-33-35(27-37(31)63-8)53(6)41-49(33)18-22-55-20-14-16-47(12-2,39(49)55)43(67-29(4)57)51(41,61)45(59)65-10/h13-16,24-27,38-43,60-61H,11-12,17-23H2,1-10H3/t38-,39-,40-,41-,42+,43+,46+,47+,48-,49-,50+,51+/m0/s1. The van der Waals surface area contributed by atoms with E-state index in [2.05, 4.69) is 46.2 Å². The molecule has 67 heavy (non-hydrogen) atoms. The first-order valence-electron chi connectivity index (χ1n) is 23.6. The quantitative estimate of drug-likeness (QED) is 0.202. The summed E-state index contributed by atoms with van der Waals surface area (Å²) >= 11 is 0. The third-order valence-corrected chi connectivity index (χ3v) is 18.0. The molecule has 2 aromatic carbocycles. The molecule has 10 rings (SSSR count). The Morgan fingerprint density at radius 3 is 1.34 bits per heavy atom. The Hall–Kier alpha value is -5.16. The van der Waals surface area contributed by atoms with Gasteiger partial charge in [0.05, 0.1) is 40.5 Å². The summed E-state index contributed by atoms with van der Waals surface area (Å²) in [6.45, 7) is 9.34. The molecule has 0 radical (unpaired) electrons. The van der Waals surface area contributed by atoms with Crippen LogP contribution in [0.3, 0.4) is 0 Å². The molecule has 0 unspecified atom stereocenters. The zero-order chi connectivity index (χ0) is 48.0. The Labute approximate surface area is 391 Å². The smallest absolute Gasteiger partial charge is 0.344 e. The molecule has 2 saturated carbocycles. The molecular formula is C51H64N4O12. The fraction of sp³-hybridized carbons (Fsp3) is 0.608. The average molecular weight is 925 g/mol. The molecule has 4 fully saturated rings. The second-order valence-corrected chi connectivity index (χ2v) is 20.3. The maximum Gasteiger partial charge on any atom is 0.344 e. The minimum atomic E-state index is -2.27. The number of ether oxygens (including phenoxy) is 6. The van der Waals surface area contributed by atoms with E-state index in [4.69, 9.17) is 28.4 Å². The van der Waals surface area contributed by atoms with Gasteiger partial charge in [0, 0.05) is 105 Å². The molecule has 2 saturated heterocycles. The first-order valence-corrected chi connectivity index (χ1v) is 23.6. The Kier molecular flexibility index (Phi) is 10.3. The number of carbonyl (C=O) groups is 4. The van der Waals surface area contributed by atoms with Crippen LogP contribution in [0.5, 0.6) is 11.5 Å². The lowest BCUT2D eigenvalue weighted by atomic mass is 9.47. The minimum Gasteiger partial charge on any atom is -0.496 e. The molecule has 0 amide bonds. The van der Waals surface area contributed by atoms with Crippen LogP contribution in [0.1, 0.15) is 75.6 Å². The number of hydrogen-bond acceptors (Lipinski definition) is 16. The van der Waals surface area contributed by atoms with Gasteiger partial charge in [0.15, 0.2) is 12.2 Å². The number of anilines is 2. The zero-order valence-electron chi connectivity index (χ0n) is 40.2. The number of methoxy groups -OCH3 is 4. The number of rotatable bonds is 10. The van der Waals surface area contributed by atoms with Crippen molar-refractivity contribution in [1.82, 2.24) is 9.80 Å². The van der Waals surface area contributed by atoms with E-state index in [1.807, 2.05) is 49.9 Å². The summed E-state index contributed by atoms with van der Waals surface area (Å²) in [6, 6.07) is 6.04. The van der Waals surface area contributed by atoms with E-state index < -0.39 is 81.0 Å². The summed E-state index contributed by atoms with van der Waals surface area (Å²) in [6.07, 6.45) is 8.25. The van der Waals surface area contributed by atoms with Crippen LogP contribution in [0.2, 0.25) is 0 Å². The number of hydrogen-bond donors (Lipinski definition) is 2. The minimum absolute atomic E-state index is 0.260. The van der Waals surface area contributed by atoms with Gasteiger partial charge in [-0.1, -0.05) is 38.2 Å². The molecule has 2 aliphatic carbocycles. The van der Waals surface area contributed by atoms with Gasteiger partial charge in [-0.2, -0.15) is 0 Å². The second-order valence-electron chi connectivity index (χ2n) is 20.3.